The van der Waals surface area contributed by atoms with E-state index in [0.29, 0.717) is 5.41 Å². The molecule has 1 aliphatic rings. The van der Waals surface area contributed by atoms with E-state index in [1.54, 1.807) is 13.4 Å². The molecule has 0 bridgehead atoms. The van der Waals surface area contributed by atoms with Crippen LogP contribution in [0.5, 0.6) is 0 Å². The topological polar surface area (TPSA) is 9.23 Å². The van der Waals surface area contributed by atoms with Crippen LogP contribution in [-0.4, -0.2) is 7.11 Å². The molecule has 1 heteroatoms. The molecule has 0 saturated carbocycles. The van der Waals surface area contributed by atoms with E-state index in [2.05, 4.69) is 32.9 Å². The Morgan fingerprint density at radius 1 is 1.62 bits per heavy atom. The van der Waals surface area contributed by atoms with Gasteiger partial charge >= 0.3 is 0 Å². The van der Waals surface area contributed by atoms with Gasteiger partial charge in [0.1, 0.15) is 0 Å². The second kappa shape index (κ2) is 3.99. The molecule has 1 atom stereocenters. The molecule has 74 valence electrons. The number of methoxy groups -OCH3 is 1. The Morgan fingerprint density at radius 2 is 2.31 bits per heavy atom. The van der Waals surface area contributed by atoms with Gasteiger partial charge < -0.3 is 4.74 Å². The van der Waals surface area contributed by atoms with Crippen LogP contribution in [-0.2, 0) is 4.74 Å². The van der Waals surface area contributed by atoms with E-state index < -0.39 is 0 Å². The van der Waals surface area contributed by atoms with Crippen molar-refractivity contribution in [2.75, 3.05) is 7.11 Å². The molecule has 0 aliphatic heterocycles. The fourth-order valence-electron chi connectivity index (χ4n) is 1.91. The minimum absolute atomic E-state index is 0.373. The fourth-order valence-corrected chi connectivity index (χ4v) is 1.91. The number of allylic oxidation sites excluding steroid dienone is 3. The highest BCUT2D eigenvalue weighted by Crippen LogP contribution is 2.44. The van der Waals surface area contributed by atoms with E-state index in [4.69, 9.17) is 4.74 Å². The van der Waals surface area contributed by atoms with E-state index in [9.17, 15) is 0 Å². The lowest BCUT2D eigenvalue weighted by molar-refractivity contribution is 0.288. The molecule has 0 heterocycles. The molecule has 0 fully saturated rings. The van der Waals surface area contributed by atoms with E-state index in [1.165, 1.54) is 12.0 Å². The van der Waals surface area contributed by atoms with E-state index >= 15 is 0 Å². The zero-order valence-electron chi connectivity index (χ0n) is 9.13. The molecular weight excluding hydrogens is 160 g/mol. The van der Waals surface area contributed by atoms with Gasteiger partial charge in [-0.15, -0.1) is 0 Å². The van der Waals surface area contributed by atoms with Gasteiger partial charge in [-0.2, -0.15) is 0 Å². The summed E-state index contributed by atoms with van der Waals surface area (Å²) in [4.78, 5) is 0. The number of hydrogen-bond donors (Lipinski definition) is 0. The Hall–Kier alpha value is -0.720. The van der Waals surface area contributed by atoms with Crippen LogP contribution < -0.4 is 0 Å². The fraction of sp³-hybridized carbons (Fsp3) is 0.667. The van der Waals surface area contributed by atoms with Gasteiger partial charge in [0.2, 0.25) is 0 Å². The van der Waals surface area contributed by atoms with Crippen LogP contribution in [0.2, 0.25) is 0 Å². The molecule has 1 rings (SSSR count). The van der Waals surface area contributed by atoms with Gasteiger partial charge in [-0.1, -0.05) is 25.5 Å². The molecule has 0 aromatic heterocycles. The Bertz CT molecular complexity index is 223. The normalized spacial score (nSPS) is 26.5. The molecule has 0 amide bonds. The van der Waals surface area contributed by atoms with Crippen molar-refractivity contribution < 1.29 is 4.74 Å². The first-order valence-corrected chi connectivity index (χ1v) is 4.94. The molecule has 0 unspecified atom stereocenters. The molecular formula is C12H20O. The quantitative estimate of drug-likeness (QED) is 0.477. The molecule has 0 saturated heterocycles. The predicted octanol–water partition coefficient (Wildman–Crippen LogP) is 3.53. The van der Waals surface area contributed by atoms with Crippen LogP contribution in [0.4, 0.5) is 0 Å². The molecule has 1 aliphatic carbocycles. The molecule has 1 nitrogen and oxygen atoms in total. The molecule has 0 radical (unpaired) electrons. The zero-order chi connectivity index (χ0) is 9.90. The van der Waals surface area contributed by atoms with Gasteiger partial charge in [0.05, 0.1) is 13.4 Å². The van der Waals surface area contributed by atoms with Crippen LogP contribution in [0, 0.1) is 11.3 Å². The van der Waals surface area contributed by atoms with Crippen LogP contribution in [0.1, 0.15) is 33.6 Å². The second-order valence-corrected chi connectivity index (χ2v) is 4.38. The molecule has 0 spiro atoms. The Morgan fingerprint density at radius 3 is 2.77 bits per heavy atom. The standard InChI is InChI=1S/C12H20O/c1-10-7-8-11(12(10,2)3)6-5-9-13-4/h5,7,9,11H,6,8H2,1-4H3/t11-/m0/s1. The summed E-state index contributed by atoms with van der Waals surface area (Å²) >= 11 is 0. The van der Waals surface area contributed by atoms with Gasteiger partial charge in [0, 0.05) is 0 Å². The van der Waals surface area contributed by atoms with Crippen LogP contribution >= 0.6 is 0 Å². The van der Waals surface area contributed by atoms with Crippen molar-refractivity contribution in [1.82, 2.24) is 0 Å². The van der Waals surface area contributed by atoms with Gasteiger partial charge in [-0.25, -0.2) is 0 Å². The third-order valence-electron chi connectivity index (χ3n) is 3.40. The first kappa shape index (κ1) is 10.4. The van der Waals surface area contributed by atoms with Crippen LogP contribution in [0.15, 0.2) is 24.0 Å². The van der Waals surface area contributed by atoms with Crippen LogP contribution in [0.3, 0.4) is 0 Å². The highest BCUT2D eigenvalue weighted by molar-refractivity contribution is 5.18. The summed E-state index contributed by atoms with van der Waals surface area (Å²) in [5, 5.41) is 0. The lowest BCUT2D eigenvalue weighted by Gasteiger charge is -2.28. The lowest BCUT2D eigenvalue weighted by atomic mass is 9.76. The van der Waals surface area contributed by atoms with Crippen molar-refractivity contribution in [2.24, 2.45) is 11.3 Å². The van der Waals surface area contributed by atoms with E-state index in [0.717, 1.165) is 12.3 Å². The van der Waals surface area contributed by atoms with Crippen molar-refractivity contribution in [3.8, 4) is 0 Å². The maximum Gasteiger partial charge on any atom is 0.0784 e. The highest BCUT2D eigenvalue weighted by atomic mass is 16.5. The van der Waals surface area contributed by atoms with Gasteiger partial charge in [-0.3, -0.25) is 0 Å². The number of hydrogen-bond acceptors (Lipinski definition) is 1. The van der Waals surface area contributed by atoms with Gasteiger partial charge in [0.25, 0.3) is 0 Å². The second-order valence-electron chi connectivity index (χ2n) is 4.38. The van der Waals surface area contributed by atoms with Gasteiger partial charge in [0.15, 0.2) is 0 Å². The third-order valence-corrected chi connectivity index (χ3v) is 3.40. The number of rotatable bonds is 3. The molecule has 13 heavy (non-hydrogen) atoms. The number of ether oxygens (including phenoxy) is 1. The van der Waals surface area contributed by atoms with Gasteiger partial charge in [-0.05, 0) is 37.2 Å². The summed E-state index contributed by atoms with van der Waals surface area (Å²) in [5.41, 5.74) is 1.90. The summed E-state index contributed by atoms with van der Waals surface area (Å²) in [5.74, 6) is 0.749. The third kappa shape index (κ3) is 2.15. The molecule has 0 aromatic carbocycles. The largest absolute Gasteiger partial charge is 0.505 e. The maximum absolute atomic E-state index is 4.90. The van der Waals surface area contributed by atoms with Crippen molar-refractivity contribution in [3.05, 3.63) is 24.0 Å². The van der Waals surface area contributed by atoms with Crippen LogP contribution in [0.25, 0.3) is 0 Å². The first-order chi connectivity index (χ1) is 6.09. The predicted molar refractivity (Wildman–Crippen MR) is 56.4 cm³/mol. The van der Waals surface area contributed by atoms with Crippen molar-refractivity contribution in [2.45, 2.75) is 33.6 Å². The summed E-state index contributed by atoms with van der Waals surface area (Å²) in [6.07, 6.45) is 8.61. The Kier molecular flexibility index (Phi) is 3.18. The molecule has 0 aromatic rings. The summed E-state index contributed by atoms with van der Waals surface area (Å²) in [6.45, 7) is 6.90. The summed E-state index contributed by atoms with van der Waals surface area (Å²) < 4.78 is 4.90. The smallest absolute Gasteiger partial charge is 0.0784 e. The van der Waals surface area contributed by atoms with E-state index in [-0.39, 0.29) is 0 Å². The average molecular weight is 180 g/mol. The summed E-state index contributed by atoms with van der Waals surface area (Å²) in [6, 6.07) is 0. The Labute approximate surface area is 81.5 Å². The maximum atomic E-state index is 4.90. The minimum Gasteiger partial charge on any atom is -0.505 e. The van der Waals surface area contributed by atoms with Crippen molar-refractivity contribution in [1.29, 1.82) is 0 Å². The zero-order valence-corrected chi connectivity index (χ0v) is 9.13. The first-order valence-electron chi connectivity index (χ1n) is 4.94. The Balaban J connectivity index is 2.51. The van der Waals surface area contributed by atoms with E-state index in [1.807, 2.05) is 0 Å². The van der Waals surface area contributed by atoms with Crippen molar-refractivity contribution in [3.63, 3.8) is 0 Å². The SMILES string of the molecule is COC=CC[C@H]1CC=C(C)C1(C)C. The lowest BCUT2D eigenvalue weighted by Crippen LogP contribution is -2.19. The monoisotopic (exact) mass is 180 g/mol. The molecule has 0 N–H and O–H groups in total. The summed E-state index contributed by atoms with van der Waals surface area (Å²) in [7, 11) is 1.69. The highest BCUT2D eigenvalue weighted by Gasteiger charge is 2.33. The minimum atomic E-state index is 0.373. The van der Waals surface area contributed by atoms with Crippen molar-refractivity contribution >= 4 is 0 Å². The average Bonchev–Trinajstić information content (AvgIpc) is 2.32.